The van der Waals surface area contributed by atoms with Crippen molar-refractivity contribution in [1.82, 2.24) is 10.2 Å². The minimum atomic E-state index is -4.81. The molecule has 1 aromatic carbocycles. The summed E-state index contributed by atoms with van der Waals surface area (Å²) in [5, 5.41) is 2.18. The summed E-state index contributed by atoms with van der Waals surface area (Å²) in [4.78, 5) is 13.5. The summed E-state index contributed by atoms with van der Waals surface area (Å²) in [6.07, 6.45) is -1.42. The lowest BCUT2D eigenvalue weighted by molar-refractivity contribution is -0.174. The first-order valence-electron chi connectivity index (χ1n) is 7.58. The molecule has 0 aromatic heterocycles. The molecule has 1 N–H and O–H groups in total. The maximum Gasteiger partial charge on any atom is 0.471 e. The lowest BCUT2D eigenvalue weighted by Gasteiger charge is -2.29. The maximum absolute atomic E-state index is 12.5. The van der Waals surface area contributed by atoms with Crippen LogP contribution in [-0.2, 0) is 11.2 Å². The molecule has 2 unspecified atom stereocenters. The summed E-state index contributed by atoms with van der Waals surface area (Å²) in [7, 11) is 0. The summed E-state index contributed by atoms with van der Waals surface area (Å²) in [5.74, 6) is -1.83. The Balaban J connectivity index is 1.74. The Morgan fingerprint density at radius 1 is 1.23 bits per heavy atom. The van der Waals surface area contributed by atoms with Gasteiger partial charge in [-0.3, -0.25) is 9.69 Å². The number of alkyl halides is 3. The Hall–Kier alpha value is -1.56. The molecule has 1 aromatic rings. The number of hydrogen-bond acceptors (Lipinski definition) is 2. The molecule has 0 spiro atoms. The number of nitrogens with one attached hydrogen (secondary N) is 1. The van der Waals surface area contributed by atoms with E-state index in [2.05, 4.69) is 10.2 Å². The van der Waals surface area contributed by atoms with Crippen LogP contribution < -0.4 is 5.32 Å². The first-order chi connectivity index (χ1) is 10.4. The van der Waals surface area contributed by atoms with Crippen molar-refractivity contribution in [1.29, 1.82) is 0 Å². The number of carbonyl (C=O) groups is 1. The van der Waals surface area contributed by atoms with Crippen LogP contribution in [-0.4, -0.2) is 41.7 Å². The average molecular weight is 312 g/mol. The highest BCUT2D eigenvalue weighted by Gasteiger charge is 2.60. The Labute approximate surface area is 127 Å². The van der Waals surface area contributed by atoms with Gasteiger partial charge < -0.3 is 5.32 Å². The number of rotatable bonds is 4. The molecule has 1 aliphatic heterocycles. The molecule has 1 saturated heterocycles. The fraction of sp³-hybridized carbons (Fsp3) is 0.562. The minimum absolute atomic E-state index is 0.348. The van der Waals surface area contributed by atoms with Crippen LogP contribution in [0.3, 0.4) is 0 Å². The Bertz CT molecular complexity index is 540. The summed E-state index contributed by atoms with van der Waals surface area (Å²) in [5.41, 5.74) is 0.747. The molecule has 1 heterocycles. The van der Waals surface area contributed by atoms with Gasteiger partial charge in [-0.15, -0.1) is 0 Å². The van der Waals surface area contributed by atoms with E-state index >= 15 is 0 Å². The molecule has 1 amide bonds. The van der Waals surface area contributed by atoms with Crippen molar-refractivity contribution in [3.05, 3.63) is 35.9 Å². The second-order valence-electron chi connectivity index (χ2n) is 6.19. The van der Waals surface area contributed by atoms with Crippen LogP contribution in [0.2, 0.25) is 0 Å². The van der Waals surface area contributed by atoms with Gasteiger partial charge in [-0.1, -0.05) is 30.3 Å². The highest BCUT2D eigenvalue weighted by atomic mass is 19.4. The molecule has 1 saturated carbocycles. The van der Waals surface area contributed by atoms with Gasteiger partial charge >= 0.3 is 12.1 Å². The average Bonchev–Trinajstić information content (AvgIpc) is 2.90. The van der Waals surface area contributed by atoms with Gasteiger partial charge in [0, 0.05) is 11.6 Å². The van der Waals surface area contributed by atoms with Crippen molar-refractivity contribution >= 4 is 5.91 Å². The van der Waals surface area contributed by atoms with Gasteiger partial charge in [0.2, 0.25) is 0 Å². The molecular formula is C16H19F3N2O. The largest absolute Gasteiger partial charge is 0.471 e. The van der Waals surface area contributed by atoms with E-state index in [4.69, 9.17) is 0 Å². The third-order valence-electron chi connectivity index (χ3n) is 4.70. The number of halogens is 3. The third kappa shape index (κ3) is 2.97. The second kappa shape index (κ2) is 5.57. The fourth-order valence-corrected chi connectivity index (χ4v) is 3.49. The zero-order chi connectivity index (χ0) is 15.8. The van der Waals surface area contributed by atoms with Crippen LogP contribution in [0.25, 0.3) is 0 Å². The van der Waals surface area contributed by atoms with E-state index in [0.29, 0.717) is 12.8 Å². The summed E-state index contributed by atoms with van der Waals surface area (Å²) < 4.78 is 37.4. The molecular weight excluding hydrogens is 293 g/mol. The van der Waals surface area contributed by atoms with Gasteiger partial charge in [0.05, 0.1) is 0 Å². The van der Waals surface area contributed by atoms with Crippen LogP contribution in [0.1, 0.15) is 24.8 Å². The number of carbonyl (C=O) groups excluding carboxylic acids is 1. The van der Waals surface area contributed by atoms with E-state index in [-0.39, 0.29) is 5.54 Å². The molecule has 120 valence electrons. The number of benzene rings is 1. The Morgan fingerprint density at radius 3 is 2.45 bits per heavy atom. The molecule has 2 aliphatic rings. The number of amides is 1. The van der Waals surface area contributed by atoms with Gasteiger partial charge in [0.25, 0.3) is 0 Å². The van der Waals surface area contributed by atoms with Crippen LogP contribution in [0.15, 0.2) is 30.3 Å². The maximum atomic E-state index is 12.5. The molecule has 0 radical (unpaired) electrons. The highest BCUT2D eigenvalue weighted by Crippen LogP contribution is 2.46. The molecule has 0 bridgehead atoms. The standard InChI is InChI=1S/C16H19F3N2O/c17-16(18,19)14(22)20-13-11-15(13,21-8-4-5-9-21)10-12-6-2-1-3-7-12/h1-3,6-7,13H,4-5,8-11H2,(H,20,22). The predicted octanol–water partition coefficient (Wildman–Crippen LogP) is 2.51. The van der Waals surface area contributed by atoms with Crippen molar-refractivity contribution in [3.8, 4) is 0 Å². The van der Waals surface area contributed by atoms with Crippen LogP contribution >= 0.6 is 0 Å². The predicted molar refractivity (Wildman–Crippen MR) is 76.3 cm³/mol. The Kier molecular flexibility index (Phi) is 3.89. The van der Waals surface area contributed by atoms with Gasteiger partial charge in [-0.05, 0) is 44.3 Å². The van der Waals surface area contributed by atoms with Crippen molar-refractivity contribution in [2.45, 2.75) is 43.4 Å². The zero-order valence-electron chi connectivity index (χ0n) is 12.2. The van der Waals surface area contributed by atoms with E-state index in [9.17, 15) is 18.0 Å². The van der Waals surface area contributed by atoms with Crippen molar-refractivity contribution in [2.24, 2.45) is 0 Å². The van der Waals surface area contributed by atoms with Gasteiger partial charge in [-0.25, -0.2) is 0 Å². The van der Waals surface area contributed by atoms with E-state index in [1.165, 1.54) is 0 Å². The second-order valence-corrected chi connectivity index (χ2v) is 6.19. The van der Waals surface area contributed by atoms with Crippen LogP contribution in [0.5, 0.6) is 0 Å². The summed E-state index contributed by atoms with van der Waals surface area (Å²) in [6.45, 7) is 1.79. The fourth-order valence-electron chi connectivity index (χ4n) is 3.49. The van der Waals surface area contributed by atoms with Gasteiger partial charge in [-0.2, -0.15) is 13.2 Å². The molecule has 2 atom stereocenters. The van der Waals surface area contributed by atoms with Gasteiger partial charge in [0.1, 0.15) is 0 Å². The first kappa shape index (κ1) is 15.3. The monoisotopic (exact) mass is 312 g/mol. The van der Waals surface area contributed by atoms with Gasteiger partial charge in [0.15, 0.2) is 0 Å². The van der Waals surface area contributed by atoms with Crippen molar-refractivity contribution in [2.75, 3.05) is 13.1 Å². The summed E-state index contributed by atoms with van der Waals surface area (Å²) >= 11 is 0. The lowest BCUT2D eigenvalue weighted by atomic mass is 10.0. The van der Waals surface area contributed by atoms with Crippen molar-refractivity contribution < 1.29 is 18.0 Å². The molecule has 3 nitrogen and oxygen atoms in total. The number of likely N-dealkylation sites (tertiary alicyclic amines) is 1. The molecule has 22 heavy (non-hydrogen) atoms. The smallest absolute Gasteiger partial charge is 0.344 e. The molecule has 6 heteroatoms. The van der Waals surface area contributed by atoms with E-state index in [1.54, 1.807) is 0 Å². The zero-order valence-corrected chi connectivity index (χ0v) is 12.2. The molecule has 3 rings (SSSR count). The Morgan fingerprint density at radius 2 is 1.86 bits per heavy atom. The normalized spacial score (nSPS) is 28.6. The van der Waals surface area contributed by atoms with E-state index in [0.717, 1.165) is 31.5 Å². The van der Waals surface area contributed by atoms with E-state index < -0.39 is 18.1 Å². The van der Waals surface area contributed by atoms with Crippen LogP contribution in [0, 0.1) is 0 Å². The van der Waals surface area contributed by atoms with Crippen LogP contribution in [0.4, 0.5) is 13.2 Å². The third-order valence-corrected chi connectivity index (χ3v) is 4.70. The minimum Gasteiger partial charge on any atom is -0.344 e. The molecule has 1 aliphatic carbocycles. The first-order valence-corrected chi connectivity index (χ1v) is 7.58. The number of hydrogen-bond donors (Lipinski definition) is 1. The molecule has 2 fully saturated rings. The SMILES string of the molecule is O=C(NC1CC1(Cc1ccccc1)N1CCCC1)C(F)(F)F. The topological polar surface area (TPSA) is 32.3 Å². The highest BCUT2D eigenvalue weighted by molar-refractivity contribution is 5.82. The van der Waals surface area contributed by atoms with E-state index in [1.807, 2.05) is 30.3 Å². The quantitative estimate of drug-likeness (QED) is 0.926. The van der Waals surface area contributed by atoms with Crippen molar-refractivity contribution in [3.63, 3.8) is 0 Å². The lowest BCUT2D eigenvalue weighted by Crippen LogP contribution is -2.47. The number of nitrogens with zero attached hydrogens (tertiary/aromatic N) is 1. The summed E-state index contributed by atoms with van der Waals surface area (Å²) in [6, 6.07) is 9.33.